The Morgan fingerprint density at radius 3 is 2.70 bits per heavy atom. The first kappa shape index (κ1) is 23.9. The van der Waals surface area contributed by atoms with Crippen molar-refractivity contribution < 1.29 is 10.2 Å². The fourth-order valence-electron chi connectivity index (χ4n) is 4.07. The zero-order valence-electron chi connectivity index (χ0n) is 20.0. The minimum absolute atomic E-state index is 0.274. The van der Waals surface area contributed by atoms with E-state index in [1.54, 1.807) is 18.7 Å². The van der Waals surface area contributed by atoms with E-state index in [1.165, 1.54) is 12.8 Å². The molecule has 0 saturated heterocycles. The number of aliphatic imine (C=N–C) groups is 1. The molecule has 3 atom stereocenters. The van der Waals surface area contributed by atoms with Crippen molar-refractivity contribution in [3.05, 3.63) is 34.8 Å². The van der Waals surface area contributed by atoms with E-state index in [2.05, 4.69) is 22.5 Å². The van der Waals surface area contributed by atoms with Gasteiger partial charge in [0.15, 0.2) is 5.72 Å². The molecule has 8 nitrogen and oxygen atoms in total. The molecule has 178 valence electrons. The fraction of sp³-hybridized carbons (Fsp3) is 0.583. The molecule has 9 heteroatoms. The van der Waals surface area contributed by atoms with E-state index in [0.717, 1.165) is 45.4 Å². The molecule has 1 saturated carbocycles. The molecular weight excluding hydrogens is 436 g/mol. The molecule has 2 aliphatic rings. The van der Waals surface area contributed by atoms with E-state index in [0.29, 0.717) is 24.1 Å². The number of nitrogens with one attached hydrogen (secondary N) is 2. The van der Waals surface area contributed by atoms with Gasteiger partial charge >= 0.3 is 0 Å². The highest BCUT2D eigenvalue weighted by Crippen LogP contribution is 2.38. The first-order chi connectivity index (χ1) is 15.7. The summed E-state index contributed by atoms with van der Waals surface area (Å²) in [4.78, 5) is 18.8. The molecule has 1 aliphatic heterocycles. The van der Waals surface area contributed by atoms with E-state index in [1.807, 2.05) is 33.0 Å². The maximum atomic E-state index is 11.1. The number of aryl methyl sites for hydroxylation is 2. The van der Waals surface area contributed by atoms with Crippen LogP contribution >= 0.6 is 11.8 Å². The predicted molar refractivity (Wildman–Crippen MR) is 134 cm³/mol. The second kappa shape index (κ2) is 9.56. The van der Waals surface area contributed by atoms with Gasteiger partial charge in [-0.2, -0.15) is 4.98 Å². The molecule has 0 radical (unpaired) electrons. The van der Waals surface area contributed by atoms with Gasteiger partial charge in [-0.25, -0.2) is 9.98 Å². The van der Waals surface area contributed by atoms with E-state index in [-0.39, 0.29) is 6.04 Å². The Labute approximate surface area is 199 Å². The number of aliphatic hydroxyl groups excluding tert-OH is 1. The first-order valence-corrected chi connectivity index (χ1v) is 12.7. The van der Waals surface area contributed by atoms with Gasteiger partial charge in [-0.3, -0.25) is 4.98 Å². The Kier molecular flexibility index (Phi) is 6.93. The van der Waals surface area contributed by atoms with Crippen LogP contribution < -0.4 is 10.6 Å². The number of nitrogens with zero attached hydrogens (tertiary/aromatic N) is 4. The van der Waals surface area contributed by atoms with Gasteiger partial charge in [-0.15, -0.1) is 11.8 Å². The molecule has 1 fully saturated rings. The Bertz CT molecular complexity index is 1050. The Morgan fingerprint density at radius 1 is 1.24 bits per heavy atom. The average molecular weight is 471 g/mol. The van der Waals surface area contributed by atoms with Crippen molar-refractivity contribution in [3.8, 4) is 0 Å². The number of aliphatic hydroxyl groups is 2. The maximum absolute atomic E-state index is 11.1. The second-order valence-corrected chi connectivity index (χ2v) is 10.3. The van der Waals surface area contributed by atoms with Crippen LogP contribution in [0.1, 0.15) is 69.0 Å². The van der Waals surface area contributed by atoms with Gasteiger partial charge in [0.2, 0.25) is 5.95 Å². The van der Waals surface area contributed by atoms with Crippen LogP contribution in [0.25, 0.3) is 0 Å². The normalized spacial score (nSPS) is 19.2. The zero-order chi connectivity index (χ0) is 23.8. The molecule has 0 aromatic carbocycles. The molecule has 1 aliphatic carbocycles. The van der Waals surface area contributed by atoms with Crippen molar-refractivity contribution in [2.24, 2.45) is 10.9 Å². The molecule has 3 heterocycles. The quantitative estimate of drug-likeness (QED) is 0.401. The topological polar surface area (TPSA) is 116 Å². The number of aromatic nitrogens is 3. The first-order valence-electron chi connectivity index (χ1n) is 11.7. The summed E-state index contributed by atoms with van der Waals surface area (Å²) in [5, 5.41) is 28.9. The third kappa shape index (κ3) is 5.31. The van der Waals surface area contributed by atoms with E-state index < -0.39 is 11.8 Å². The smallest absolute Gasteiger partial charge is 0.225 e. The van der Waals surface area contributed by atoms with Crippen molar-refractivity contribution in [2.75, 3.05) is 10.6 Å². The lowest BCUT2D eigenvalue weighted by Crippen LogP contribution is -2.47. The molecule has 33 heavy (non-hydrogen) atoms. The van der Waals surface area contributed by atoms with Crippen molar-refractivity contribution in [3.63, 3.8) is 0 Å². The lowest BCUT2D eigenvalue weighted by molar-refractivity contribution is -0.0447. The van der Waals surface area contributed by atoms with Crippen molar-refractivity contribution in [2.45, 2.75) is 83.9 Å². The third-order valence-corrected chi connectivity index (χ3v) is 7.36. The van der Waals surface area contributed by atoms with Crippen molar-refractivity contribution in [1.82, 2.24) is 15.0 Å². The molecular formula is C24H34N6O2S. The van der Waals surface area contributed by atoms with Crippen LogP contribution in [-0.4, -0.2) is 48.1 Å². The molecule has 0 amide bonds. The van der Waals surface area contributed by atoms with E-state index in [4.69, 9.17) is 15.0 Å². The average Bonchev–Trinajstić information content (AvgIpc) is 3.59. The minimum atomic E-state index is -1.56. The number of hydrogen-bond donors (Lipinski definition) is 4. The van der Waals surface area contributed by atoms with Crippen LogP contribution in [0, 0.1) is 19.8 Å². The Hall–Kier alpha value is -2.23. The summed E-state index contributed by atoms with van der Waals surface area (Å²) in [6.45, 7) is 9.58. The molecule has 2 aromatic heterocycles. The van der Waals surface area contributed by atoms with Crippen LogP contribution in [0.3, 0.4) is 0 Å². The molecule has 0 bridgehead atoms. The van der Waals surface area contributed by atoms with Crippen LogP contribution in [0.5, 0.6) is 0 Å². The lowest BCUT2D eigenvalue weighted by atomic mass is 10.0. The number of fused-ring (bicyclic) bond motifs is 1. The Balaban J connectivity index is 1.76. The van der Waals surface area contributed by atoms with Gasteiger partial charge in [-0.05, 0) is 64.5 Å². The van der Waals surface area contributed by atoms with Crippen LogP contribution in [0.4, 0.5) is 17.5 Å². The highest BCUT2D eigenvalue weighted by atomic mass is 32.2. The summed E-state index contributed by atoms with van der Waals surface area (Å²) >= 11 is 1.61. The third-order valence-electron chi connectivity index (χ3n) is 6.34. The Morgan fingerprint density at radius 2 is 2.00 bits per heavy atom. The van der Waals surface area contributed by atoms with Crippen molar-refractivity contribution in [1.29, 1.82) is 0 Å². The van der Waals surface area contributed by atoms with Crippen molar-refractivity contribution >= 4 is 34.3 Å². The van der Waals surface area contributed by atoms with Gasteiger partial charge in [0.1, 0.15) is 17.0 Å². The number of hydrogen-bond acceptors (Lipinski definition) is 9. The lowest BCUT2D eigenvalue weighted by Gasteiger charge is -2.32. The van der Waals surface area contributed by atoms with Gasteiger partial charge in [-0.1, -0.05) is 13.3 Å². The maximum Gasteiger partial charge on any atom is 0.225 e. The minimum Gasteiger partial charge on any atom is -0.388 e. The number of anilines is 2. The van der Waals surface area contributed by atoms with Gasteiger partial charge in [0, 0.05) is 18.0 Å². The predicted octanol–water partition coefficient (Wildman–Crippen LogP) is 4.31. The highest BCUT2D eigenvalue weighted by Gasteiger charge is 2.33. The SMILES string of the molecule is CCC[C@@H](O)[C@@](C)(O)Nc1nc(N[C@H](C)C2CC2)nc(C)c1C1=Nc2c(ccnc2C)CS1. The summed E-state index contributed by atoms with van der Waals surface area (Å²) in [7, 11) is 0. The van der Waals surface area contributed by atoms with Gasteiger partial charge in [0.25, 0.3) is 0 Å². The summed E-state index contributed by atoms with van der Waals surface area (Å²) < 4.78 is 0. The largest absolute Gasteiger partial charge is 0.388 e. The molecule has 0 spiro atoms. The summed E-state index contributed by atoms with van der Waals surface area (Å²) in [5.74, 6) is 2.39. The van der Waals surface area contributed by atoms with Gasteiger partial charge in [0.05, 0.1) is 22.6 Å². The summed E-state index contributed by atoms with van der Waals surface area (Å²) in [5.41, 5.74) is 2.84. The summed E-state index contributed by atoms with van der Waals surface area (Å²) in [6.07, 6.45) is 4.52. The van der Waals surface area contributed by atoms with Gasteiger partial charge < -0.3 is 20.8 Å². The number of pyridine rings is 1. The van der Waals surface area contributed by atoms with Crippen LogP contribution in [0.15, 0.2) is 17.3 Å². The zero-order valence-corrected chi connectivity index (χ0v) is 20.8. The summed E-state index contributed by atoms with van der Waals surface area (Å²) in [6, 6.07) is 2.27. The second-order valence-electron chi connectivity index (χ2n) is 9.31. The van der Waals surface area contributed by atoms with Crippen LogP contribution in [-0.2, 0) is 5.75 Å². The fourth-order valence-corrected chi connectivity index (χ4v) is 5.14. The number of rotatable bonds is 9. The van der Waals surface area contributed by atoms with Crippen LogP contribution in [0.2, 0.25) is 0 Å². The van der Waals surface area contributed by atoms with E-state index in [9.17, 15) is 10.2 Å². The molecule has 0 unspecified atom stereocenters. The number of thioether (sulfide) groups is 1. The molecule has 2 aromatic rings. The highest BCUT2D eigenvalue weighted by molar-refractivity contribution is 8.13. The molecule has 4 N–H and O–H groups in total. The standard InChI is InChI=1S/C24H34N6O2S/c1-6-7-18(31)24(5,32)30-21-19(14(3)27-23(29-21)26-13(2)16-8-9-16)22-28-20-15(4)25-11-10-17(20)12-33-22/h10-11,13,16,18,31-32H,6-9,12H2,1-5H3,(H2,26,27,29,30)/t13-,18-,24-/m1/s1. The molecule has 4 rings (SSSR count). The monoisotopic (exact) mass is 470 g/mol. The van der Waals surface area contributed by atoms with E-state index >= 15 is 0 Å².